The number of halogens is 3. The van der Waals surface area contributed by atoms with Crippen LogP contribution >= 0.6 is 0 Å². The zero-order valence-corrected chi connectivity index (χ0v) is 11.5. The van der Waals surface area contributed by atoms with E-state index < -0.39 is 17.6 Å². The molecule has 1 aromatic rings. The van der Waals surface area contributed by atoms with Crippen LogP contribution in [0.15, 0.2) is 18.2 Å². The van der Waals surface area contributed by atoms with Crippen molar-refractivity contribution in [2.24, 2.45) is 0 Å². The van der Waals surface area contributed by atoms with E-state index in [2.05, 4.69) is 5.32 Å². The molecule has 0 atom stereocenters. The van der Waals surface area contributed by atoms with E-state index in [0.717, 1.165) is 12.8 Å². The van der Waals surface area contributed by atoms with Gasteiger partial charge in [-0.05, 0) is 24.5 Å². The van der Waals surface area contributed by atoms with E-state index in [1.807, 2.05) is 0 Å². The van der Waals surface area contributed by atoms with Gasteiger partial charge in [0.2, 0.25) is 0 Å². The highest BCUT2D eigenvalue weighted by Crippen LogP contribution is 2.32. The van der Waals surface area contributed by atoms with Crippen molar-refractivity contribution in [1.29, 1.82) is 0 Å². The van der Waals surface area contributed by atoms with Crippen molar-refractivity contribution >= 4 is 11.4 Å². The van der Waals surface area contributed by atoms with Crippen molar-refractivity contribution in [3.63, 3.8) is 0 Å². The van der Waals surface area contributed by atoms with Gasteiger partial charge in [0.05, 0.1) is 11.5 Å². The normalized spacial score (nSPS) is 15.3. The van der Waals surface area contributed by atoms with Crippen LogP contribution in [0.3, 0.4) is 0 Å². The van der Waals surface area contributed by atoms with Crippen molar-refractivity contribution in [3.05, 3.63) is 33.9 Å². The van der Waals surface area contributed by atoms with E-state index in [0.29, 0.717) is 11.3 Å². The molecule has 116 valence electrons. The second-order valence-electron chi connectivity index (χ2n) is 5.11. The molecule has 1 aliphatic rings. The Kier molecular flexibility index (Phi) is 4.36. The first-order valence-corrected chi connectivity index (χ1v) is 6.56. The Balaban J connectivity index is 2.17. The van der Waals surface area contributed by atoms with Crippen molar-refractivity contribution in [3.8, 4) is 0 Å². The fraction of sp³-hybridized carbons (Fsp3) is 0.538. The van der Waals surface area contributed by atoms with Crippen molar-refractivity contribution in [2.75, 3.05) is 18.9 Å². The van der Waals surface area contributed by atoms with Crippen LogP contribution in [-0.4, -0.2) is 35.6 Å². The maximum absolute atomic E-state index is 12.6. The first-order valence-electron chi connectivity index (χ1n) is 6.56. The second kappa shape index (κ2) is 5.88. The van der Waals surface area contributed by atoms with Gasteiger partial charge in [0.15, 0.2) is 0 Å². The zero-order chi connectivity index (χ0) is 15.6. The van der Waals surface area contributed by atoms with Crippen LogP contribution in [0, 0.1) is 10.1 Å². The number of nitrogens with zero attached hydrogens (tertiary/aromatic N) is 2. The lowest BCUT2D eigenvalue weighted by molar-refractivity contribution is -0.384. The summed E-state index contributed by atoms with van der Waals surface area (Å²) in [6.07, 6.45) is -2.78. The molecule has 0 aromatic heterocycles. The van der Waals surface area contributed by atoms with Gasteiger partial charge in [-0.2, -0.15) is 13.2 Å². The van der Waals surface area contributed by atoms with Crippen LogP contribution in [0.5, 0.6) is 0 Å². The number of nitro groups is 1. The van der Waals surface area contributed by atoms with Crippen LogP contribution < -0.4 is 5.32 Å². The minimum Gasteiger partial charge on any atom is -0.383 e. The first kappa shape index (κ1) is 15.6. The molecule has 0 bridgehead atoms. The number of anilines is 1. The molecule has 5 nitrogen and oxygen atoms in total. The van der Waals surface area contributed by atoms with Gasteiger partial charge in [0.1, 0.15) is 5.69 Å². The van der Waals surface area contributed by atoms with Crippen LogP contribution in [0.1, 0.15) is 18.4 Å². The Morgan fingerprint density at radius 2 is 2.10 bits per heavy atom. The van der Waals surface area contributed by atoms with Gasteiger partial charge in [0, 0.05) is 25.7 Å². The Hall–Kier alpha value is -1.83. The highest BCUT2D eigenvalue weighted by atomic mass is 19.4. The summed E-state index contributed by atoms with van der Waals surface area (Å²) in [7, 11) is 1.56. The molecular weight excluding hydrogens is 287 g/mol. The zero-order valence-electron chi connectivity index (χ0n) is 11.5. The maximum Gasteiger partial charge on any atom is 0.401 e. The van der Waals surface area contributed by atoms with E-state index >= 15 is 0 Å². The van der Waals surface area contributed by atoms with E-state index in [9.17, 15) is 23.3 Å². The van der Waals surface area contributed by atoms with E-state index in [-0.39, 0.29) is 18.3 Å². The molecule has 1 fully saturated rings. The largest absolute Gasteiger partial charge is 0.401 e. The number of hydrogen-bond acceptors (Lipinski definition) is 4. The average Bonchev–Trinajstić information content (AvgIpc) is 3.20. The lowest BCUT2D eigenvalue weighted by Gasteiger charge is -2.23. The minimum absolute atomic E-state index is 0.0645. The number of alkyl halides is 3. The van der Waals surface area contributed by atoms with E-state index in [4.69, 9.17) is 0 Å². The molecule has 0 heterocycles. The summed E-state index contributed by atoms with van der Waals surface area (Å²) in [6, 6.07) is 4.39. The van der Waals surface area contributed by atoms with E-state index in [1.165, 1.54) is 17.0 Å². The van der Waals surface area contributed by atoms with Crippen LogP contribution in [0.2, 0.25) is 0 Å². The Morgan fingerprint density at radius 3 is 2.57 bits per heavy atom. The van der Waals surface area contributed by atoms with Crippen molar-refractivity contribution in [2.45, 2.75) is 31.6 Å². The Bertz CT molecular complexity index is 530. The summed E-state index contributed by atoms with van der Waals surface area (Å²) in [5.74, 6) is 0. The molecule has 1 aliphatic carbocycles. The molecule has 0 amide bonds. The van der Waals surface area contributed by atoms with Crippen LogP contribution in [0.25, 0.3) is 0 Å². The number of nitrogens with one attached hydrogen (secondary N) is 1. The lowest BCUT2D eigenvalue weighted by atomic mass is 10.1. The molecule has 2 rings (SSSR count). The number of benzene rings is 1. The van der Waals surface area contributed by atoms with Gasteiger partial charge >= 0.3 is 6.18 Å². The maximum atomic E-state index is 12.6. The summed E-state index contributed by atoms with van der Waals surface area (Å²) in [5.41, 5.74) is 0.729. The molecule has 0 unspecified atom stereocenters. The van der Waals surface area contributed by atoms with Crippen molar-refractivity contribution < 1.29 is 18.1 Å². The summed E-state index contributed by atoms with van der Waals surface area (Å²) >= 11 is 0. The molecule has 0 radical (unpaired) electrons. The summed E-state index contributed by atoms with van der Waals surface area (Å²) in [5, 5.41) is 13.7. The third kappa shape index (κ3) is 4.32. The fourth-order valence-corrected chi connectivity index (χ4v) is 2.26. The topological polar surface area (TPSA) is 58.4 Å². The summed E-state index contributed by atoms with van der Waals surface area (Å²) in [4.78, 5) is 11.8. The first-order chi connectivity index (χ1) is 9.80. The molecular formula is C13H16F3N3O2. The van der Waals surface area contributed by atoms with Crippen LogP contribution in [-0.2, 0) is 6.54 Å². The SMILES string of the molecule is CNc1ccc(CN(CC(F)(F)F)C2CC2)cc1[N+](=O)[O-]. The monoisotopic (exact) mass is 303 g/mol. The van der Waals surface area contributed by atoms with Gasteiger partial charge < -0.3 is 5.32 Å². The summed E-state index contributed by atoms with van der Waals surface area (Å²) in [6.45, 7) is -0.922. The highest BCUT2D eigenvalue weighted by molar-refractivity contribution is 5.62. The van der Waals surface area contributed by atoms with Crippen molar-refractivity contribution in [1.82, 2.24) is 4.90 Å². The second-order valence-corrected chi connectivity index (χ2v) is 5.11. The van der Waals surface area contributed by atoms with Crippen LogP contribution in [0.4, 0.5) is 24.5 Å². The summed E-state index contributed by atoms with van der Waals surface area (Å²) < 4.78 is 37.7. The van der Waals surface area contributed by atoms with Gasteiger partial charge in [-0.3, -0.25) is 15.0 Å². The molecule has 0 saturated heterocycles. The smallest absolute Gasteiger partial charge is 0.383 e. The fourth-order valence-electron chi connectivity index (χ4n) is 2.26. The third-order valence-corrected chi connectivity index (χ3v) is 3.36. The minimum atomic E-state index is -4.26. The molecule has 0 spiro atoms. The molecule has 0 aliphatic heterocycles. The predicted molar refractivity (Wildman–Crippen MR) is 72.1 cm³/mol. The predicted octanol–water partition coefficient (Wildman–Crippen LogP) is 3.16. The van der Waals surface area contributed by atoms with Gasteiger partial charge in [-0.1, -0.05) is 6.07 Å². The molecule has 21 heavy (non-hydrogen) atoms. The van der Waals surface area contributed by atoms with Gasteiger partial charge in [0.25, 0.3) is 5.69 Å². The highest BCUT2D eigenvalue weighted by Gasteiger charge is 2.38. The molecule has 1 saturated carbocycles. The quantitative estimate of drug-likeness (QED) is 0.648. The standard InChI is InChI=1S/C13H16F3N3O2/c1-17-11-5-2-9(6-12(11)19(20)21)7-18(10-3-4-10)8-13(14,15)16/h2,5-6,10,17H,3-4,7-8H2,1H3. The molecule has 8 heteroatoms. The van der Waals surface area contributed by atoms with Gasteiger partial charge in [-0.25, -0.2) is 0 Å². The average molecular weight is 303 g/mol. The lowest BCUT2D eigenvalue weighted by Crippen LogP contribution is -2.35. The molecule has 1 N–H and O–H groups in total. The molecule has 1 aromatic carbocycles. The third-order valence-electron chi connectivity index (χ3n) is 3.36. The van der Waals surface area contributed by atoms with Gasteiger partial charge in [-0.15, -0.1) is 0 Å². The number of hydrogen-bond donors (Lipinski definition) is 1. The Labute approximate surface area is 119 Å². The number of nitro benzene ring substituents is 1. The number of rotatable bonds is 6. The Morgan fingerprint density at radius 1 is 1.43 bits per heavy atom. The van der Waals surface area contributed by atoms with E-state index in [1.54, 1.807) is 13.1 Å².